The maximum atomic E-state index is 13.6. The van der Waals surface area contributed by atoms with Crippen LogP contribution in [0.2, 0.25) is 5.02 Å². The molecule has 0 fully saturated rings. The summed E-state index contributed by atoms with van der Waals surface area (Å²) in [5.74, 6) is -0.749. The highest BCUT2D eigenvalue weighted by Gasteiger charge is 2.32. The molecule has 2 aromatic rings. The zero-order valence-corrected chi connectivity index (χ0v) is 22.2. The van der Waals surface area contributed by atoms with E-state index in [2.05, 4.69) is 5.32 Å². The maximum Gasteiger partial charge on any atom is 0.244 e. The number of sulfonamides is 1. The van der Waals surface area contributed by atoms with E-state index in [0.29, 0.717) is 17.1 Å². The second kappa shape index (κ2) is 11.7. The zero-order chi connectivity index (χ0) is 25.6. The van der Waals surface area contributed by atoms with Gasteiger partial charge >= 0.3 is 0 Å². The van der Waals surface area contributed by atoms with Crippen molar-refractivity contribution >= 4 is 39.1 Å². The highest BCUT2D eigenvalue weighted by Crippen LogP contribution is 2.23. The Morgan fingerprint density at radius 1 is 1.03 bits per heavy atom. The first-order chi connectivity index (χ1) is 15.8. The van der Waals surface area contributed by atoms with E-state index in [9.17, 15) is 18.0 Å². The van der Waals surface area contributed by atoms with Crippen LogP contribution >= 0.6 is 11.6 Å². The number of carbonyl (C=O) groups excluding carboxylic acids is 2. The molecule has 0 aliphatic rings. The number of benzene rings is 2. The SMILES string of the molecule is CC[C@H](C(=O)NC(C)C)N(Cc1ccc(Cl)cc1)C(=O)CN(c1ccc(C)c(C)c1)S(C)(=O)=O. The van der Waals surface area contributed by atoms with Crippen LogP contribution in [-0.4, -0.2) is 50.0 Å². The van der Waals surface area contributed by atoms with Crippen LogP contribution in [-0.2, 0) is 26.2 Å². The molecule has 0 saturated carbocycles. The van der Waals surface area contributed by atoms with Gasteiger partial charge in [-0.05, 0) is 75.1 Å². The van der Waals surface area contributed by atoms with Crippen LogP contribution in [0.5, 0.6) is 0 Å². The summed E-state index contributed by atoms with van der Waals surface area (Å²) in [5, 5.41) is 3.43. The van der Waals surface area contributed by atoms with E-state index in [1.165, 1.54) is 4.90 Å². The van der Waals surface area contributed by atoms with Gasteiger partial charge in [-0.3, -0.25) is 13.9 Å². The number of anilines is 1. The van der Waals surface area contributed by atoms with Gasteiger partial charge in [0.15, 0.2) is 0 Å². The Morgan fingerprint density at radius 3 is 2.15 bits per heavy atom. The lowest BCUT2D eigenvalue weighted by molar-refractivity contribution is -0.140. The zero-order valence-electron chi connectivity index (χ0n) is 20.6. The fourth-order valence-electron chi connectivity index (χ4n) is 3.58. The number of nitrogens with one attached hydrogen (secondary N) is 1. The molecule has 2 rings (SSSR count). The molecule has 0 aromatic heterocycles. The molecule has 0 aliphatic carbocycles. The highest BCUT2D eigenvalue weighted by molar-refractivity contribution is 7.92. The predicted octanol–water partition coefficient (Wildman–Crippen LogP) is 4.05. The molecule has 0 spiro atoms. The van der Waals surface area contributed by atoms with Gasteiger partial charge in [-0.1, -0.05) is 36.7 Å². The monoisotopic (exact) mass is 507 g/mol. The lowest BCUT2D eigenvalue weighted by Gasteiger charge is -2.33. The van der Waals surface area contributed by atoms with Crippen LogP contribution in [0.4, 0.5) is 5.69 Å². The summed E-state index contributed by atoms with van der Waals surface area (Å²) in [6, 6.07) is 11.4. The van der Waals surface area contributed by atoms with Crippen molar-refractivity contribution in [2.45, 2.75) is 59.7 Å². The summed E-state index contributed by atoms with van der Waals surface area (Å²) < 4.78 is 26.4. The van der Waals surface area contributed by atoms with Crippen molar-refractivity contribution in [2.24, 2.45) is 0 Å². The molecule has 0 heterocycles. The van der Waals surface area contributed by atoms with E-state index in [0.717, 1.165) is 27.3 Å². The Balaban J connectivity index is 2.45. The summed E-state index contributed by atoms with van der Waals surface area (Å²) in [6.45, 7) is 9.07. The molecule has 0 aliphatic heterocycles. The van der Waals surface area contributed by atoms with Crippen molar-refractivity contribution < 1.29 is 18.0 Å². The van der Waals surface area contributed by atoms with Crippen LogP contribution in [0.3, 0.4) is 0 Å². The lowest BCUT2D eigenvalue weighted by atomic mass is 10.1. The van der Waals surface area contributed by atoms with E-state index >= 15 is 0 Å². The lowest BCUT2D eigenvalue weighted by Crippen LogP contribution is -2.53. The van der Waals surface area contributed by atoms with E-state index in [1.807, 2.05) is 40.7 Å². The Kier molecular flexibility index (Phi) is 9.53. The van der Waals surface area contributed by atoms with Crippen molar-refractivity contribution in [1.82, 2.24) is 10.2 Å². The molecule has 9 heteroatoms. The normalized spacial score (nSPS) is 12.4. The van der Waals surface area contributed by atoms with Crippen molar-refractivity contribution in [2.75, 3.05) is 17.1 Å². The number of aryl methyl sites for hydroxylation is 2. The molecule has 186 valence electrons. The van der Waals surface area contributed by atoms with Crippen molar-refractivity contribution in [3.63, 3.8) is 0 Å². The van der Waals surface area contributed by atoms with E-state index < -0.39 is 28.5 Å². The van der Waals surface area contributed by atoms with Crippen molar-refractivity contribution in [3.8, 4) is 0 Å². The van der Waals surface area contributed by atoms with Crippen LogP contribution < -0.4 is 9.62 Å². The molecule has 34 heavy (non-hydrogen) atoms. The average molecular weight is 508 g/mol. The quantitative estimate of drug-likeness (QED) is 0.525. The second-order valence-electron chi connectivity index (χ2n) is 8.77. The van der Waals surface area contributed by atoms with Gasteiger partial charge in [-0.15, -0.1) is 0 Å². The first-order valence-corrected chi connectivity index (χ1v) is 13.4. The third-order valence-corrected chi connectivity index (χ3v) is 6.93. The smallest absolute Gasteiger partial charge is 0.244 e. The van der Waals surface area contributed by atoms with Gasteiger partial charge in [0.25, 0.3) is 0 Å². The van der Waals surface area contributed by atoms with Gasteiger partial charge in [-0.25, -0.2) is 8.42 Å². The fraction of sp³-hybridized carbons (Fsp3) is 0.440. The summed E-state index contributed by atoms with van der Waals surface area (Å²) in [4.78, 5) is 28.0. The average Bonchev–Trinajstić information content (AvgIpc) is 2.74. The summed E-state index contributed by atoms with van der Waals surface area (Å²) >= 11 is 6.00. The van der Waals surface area contributed by atoms with Crippen LogP contribution in [0.15, 0.2) is 42.5 Å². The predicted molar refractivity (Wildman–Crippen MR) is 137 cm³/mol. The standard InChI is InChI=1S/C25H34ClN3O4S/c1-7-23(25(31)27-17(2)3)28(15-20-9-11-21(26)12-10-20)24(30)16-29(34(6,32)33)22-13-8-18(4)19(5)14-22/h8-14,17,23H,7,15-16H2,1-6H3,(H,27,31)/t23-/m1/s1. The van der Waals surface area contributed by atoms with Gasteiger partial charge in [-0.2, -0.15) is 0 Å². The third kappa shape index (κ3) is 7.46. The van der Waals surface area contributed by atoms with Crippen molar-refractivity contribution in [3.05, 3.63) is 64.2 Å². The number of halogens is 1. The van der Waals surface area contributed by atoms with Crippen LogP contribution in [0.1, 0.15) is 43.9 Å². The van der Waals surface area contributed by atoms with Crippen LogP contribution in [0, 0.1) is 13.8 Å². The number of amides is 2. The largest absolute Gasteiger partial charge is 0.352 e. The summed E-state index contributed by atoms with van der Waals surface area (Å²) in [5.41, 5.74) is 3.12. The van der Waals surface area contributed by atoms with Gasteiger partial charge < -0.3 is 10.2 Å². The number of nitrogens with zero attached hydrogens (tertiary/aromatic N) is 2. The van der Waals surface area contributed by atoms with Gasteiger partial charge in [0, 0.05) is 17.6 Å². The summed E-state index contributed by atoms with van der Waals surface area (Å²) in [6.07, 6.45) is 1.45. The molecule has 7 nitrogen and oxygen atoms in total. The van der Waals surface area contributed by atoms with Crippen molar-refractivity contribution in [1.29, 1.82) is 0 Å². The molecule has 1 atom stereocenters. The van der Waals surface area contributed by atoms with Gasteiger partial charge in [0.2, 0.25) is 21.8 Å². The third-order valence-electron chi connectivity index (χ3n) is 5.54. The molecule has 1 N–H and O–H groups in total. The number of rotatable bonds is 10. The number of carbonyl (C=O) groups is 2. The Bertz CT molecular complexity index is 1120. The number of hydrogen-bond acceptors (Lipinski definition) is 4. The Labute approximate surface area is 208 Å². The minimum atomic E-state index is -3.76. The Morgan fingerprint density at radius 2 is 1.65 bits per heavy atom. The molecule has 0 bridgehead atoms. The van der Waals surface area contributed by atoms with E-state index in [1.54, 1.807) is 36.4 Å². The second-order valence-corrected chi connectivity index (χ2v) is 11.1. The molecular weight excluding hydrogens is 474 g/mol. The molecule has 2 amide bonds. The van der Waals surface area contributed by atoms with Crippen LogP contribution in [0.25, 0.3) is 0 Å². The first-order valence-electron chi connectivity index (χ1n) is 11.2. The topological polar surface area (TPSA) is 86.8 Å². The fourth-order valence-corrected chi connectivity index (χ4v) is 4.55. The molecule has 0 radical (unpaired) electrons. The summed E-state index contributed by atoms with van der Waals surface area (Å²) in [7, 11) is -3.76. The van der Waals surface area contributed by atoms with E-state index in [4.69, 9.17) is 11.6 Å². The number of hydrogen-bond donors (Lipinski definition) is 1. The minimum Gasteiger partial charge on any atom is -0.352 e. The Hall–Kier alpha value is -2.58. The van der Waals surface area contributed by atoms with E-state index in [-0.39, 0.29) is 18.5 Å². The maximum absolute atomic E-state index is 13.6. The minimum absolute atomic E-state index is 0.0999. The molecule has 0 unspecified atom stereocenters. The van der Waals surface area contributed by atoms with Gasteiger partial charge in [0.1, 0.15) is 12.6 Å². The molecule has 2 aromatic carbocycles. The molecular formula is C25H34ClN3O4S. The first kappa shape index (κ1) is 27.7. The molecule has 0 saturated heterocycles. The van der Waals surface area contributed by atoms with Gasteiger partial charge in [0.05, 0.1) is 11.9 Å². The highest BCUT2D eigenvalue weighted by atomic mass is 35.5.